The lowest BCUT2D eigenvalue weighted by Crippen LogP contribution is -2.68. The molecule has 41 heavy (non-hydrogen) atoms. The van der Waals surface area contributed by atoms with Gasteiger partial charge in [-0.2, -0.15) is 5.10 Å². The van der Waals surface area contributed by atoms with Crippen LogP contribution in [0.25, 0.3) is 0 Å². The molecule has 1 N–H and O–H groups in total. The molecule has 212 valence electrons. The molecule has 8 heteroatoms. The van der Waals surface area contributed by atoms with E-state index in [0.717, 1.165) is 24.1 Å². The quantitative estimate of drug-likeness (QED) is 0.221. The number of hydrazone groups is 1. The summed E-state index contributed by atoms with van der Waals surface area (Å²) in [6.07, 6.45) is 6.75. The van der Waals surface area contributed by atoms with Crippen LogP contribution in [-0.2, 0) is 20.7 Å². The van der Waals surface area contributed by atoms with Crippen molar-refractivity contribution in [3.05, 3.63) is 114 Å². The summed E-state index contributed by atoms with van der Waals surface area (Å²) in [4.78, 5) is 34.8. The largest absolute Gasteiger partial charge is 0.467 e. The van der Waals surface area contributed by atoms with E-state index in [9.17, 15) is 9.59 Å². The smallest absolute Gasteiger partial charge is 0.336 e. The maximum absolute atomic E-state index is 14.3. The number of carbonyl (C=O) groups is 2. The van der Waals surface area contributed by atoms with Crippen LogP contribution in [0.4, 0.5) is 0 Å². The van der Waals surface area contributed by atoms with Gasteiger partial charge in [0.15, 0.2) is 11.3 Å². The molecule has 0 spiro atoms. The zero-order valence-corrected chi connectivity index (χ0v) is 23.8. The van der Waals surface area contributed by atoms with E-state index in [0.29, 0.717) is 18.0 Å². The summed E-state index contributed by atoms with van der Waals surface area (Å²) < 4.78 is 5.59. The third-order valence-electron chi connectivity index (χ3n) is 7.83. The number of Topliss-reactive ketones (excluding diaryl/α,β-unsaturated/α-hetero) is 1. The molecular weight excluding hydrogens is 514 g/mol. The summed E-state index contributed by atoms with van der Waals surface area (Å²) in [6, 6.07) is 24.3. The second-order valence-electron chi connectivity index (χ2n) is 10.7. The van der Waals surface area contributed by atoms with E-state index in [4.69, 9.17) is 9.84 Å². The summed E-state index contributed by atoms with van der Waals surface area (Å²) in [6.45, 7) is 1.45. The van der Waals surface area contributed by atoms with E-state index < -0.39 is 23.5 Å². The van der Waals surface area contributed by atoms with Gasteiger partial charge in [0, 0.05) is 17.8 Å². The minimum atomic E-state index is -1.33. The van der Waals surface area contributed by atoms with Gasteiger partial charge < -0.3 is 15.0 Å². The number of hydrogen-bond acceptors (Lipinski definition) is 8. The van der Waals surface area contributed by atoms with E-state index in [2.05, 4.69) is 27.4 Å². The van der Waals surface area contributed by atoms with Gasteiger partial charge in [-0.3, -0.25) is 14.8 Å². The summed E-state index contributed by atoms with van der Waals surface area (Å²) in [5.74, 6) is -1.04. The van der Waals surface area contributed by atoms with Crippen molar-refractivity contribution in [3.8, 4) is 0 Å². The number of aromatic nitrogens is 1. The number of benzene rings is 2. The molecule has 0 bridgehead atoms. The molecule has 0 saturated heterocycles. The van der Waals surface area contributed by atoms with Crippen molar-refractivity contribution in [2.45, 2.75) is 36.4 Å². The maximum Gasteiger partial charge on any atom is 0.336 e. The third kappa shape index (κ3) is 5.58. The standard InChI is InChI=1S/C33H37N5O3/c1-37(2)22-12-21-35-31-30(29(39)23-26-17-10-11-20-34-26)36-38-28(25-15-8-5-9-16-25)19-18-27(24-13-6-4-7-14-24)33(31,38)32(40)41-3/h4-11,13-20,27-28,31,35H,12,21-23H2,1-3H3. The first kappa shape index (κ1) is 28.4. The minimum Gasteiger partial charge on any atom is -0.467 e. The highest BCUT2D eigenvalue weighted by Gasteiger charge is 2.65. The van der Waals surface area contributed by atoms with Crippen molar-refractivity contribution in [2.75, 3.05) is 34.3 Å². The summed E-state index contributed by atoms with van der Waals surface area (Å²) in [7, 11) is 5.46. The first-order valence-corrected chi connectivity index (χ1v) is 14.0. The number of carbonyl (C=O) groups excluding carboxylic acids is 2. The molecule has 8 nitrogen and oxygen atoms in total. The first-order chi connectivity index (χ1) is 20.0. The average Bonchev–Trinajstić information content (AvgIpc) is 3.36. The summed E-state index contributed by atoms with van der Waals surface area (Å²) >= 11 is 0. The number of ether oxygens (including phenoxy) is 1. The molecule has 0 amide bonds. The molecule has 2 aromatic carbocycles. The van der Waals surface area contributed by atoms with Crippen molar-refractivity contribution >= 4 is 17.5 Å². The van der Waals surface area contributed by atoms with Crippen molar-refractivity contribution in [2.24, 2.45) is 5.10 Å². The Bertz CT molecular complexity index is 1390. The number of nitrogens with one attached hydrogen (secondary N) is 1. The zero-order chi connectivity index (χ0) is 28.8. The highest BCUT2D eigenvalue weighted by Crippen LogP contribution is 2.50. The Kier molecular flexibility index (Phi) is 8.71. The predicted octanol–water partition coefficient (Wildman–Crippen LogP) is 3.78. The number of fused-ring (bicyclic) bond motifs is 1. The monoisotopic (exact) mass is 551 g/mol. The van der Waals surface area contributed by atoms with Gasteiger partial charge in [-0.1, -0.05) is 78.9 Å². The van der Waals surface area contributed by atoms with Gasteiger partial charge >= 0.3 is 5.97 Å². The lowest BCUT2D eigenvalue weighted by Gasteiger charge is -2.49. The molecule has 4 unspecified atom stereocenters. The fourth-order valence-corrected chi connectivity index (χ4v) is 5.95. The van der Waals surface area contributed by atoms with Crippen molar-refractivity contribution in [1.82, 2.24) is 20.2 Å². The van der Waals surface area contributed by atoms with Crippen LogP contribution in [0.2, 0.25) is 0 Å². The van der Waals surface area contributed by atoms with E-state index >= 15 is 0 Å². The highest BCUT2D eigenvalue weighted by atomic mass is 16.5. The Balaban J connectivity index is 1.66. The average molecular weight is 552 g/mol. The molecule has 4 atom stereocenters. The van der Waals surface area contributed by atoms with Crippen LogP contribution < -0.4 is 5.32 Å². The molecule has 0 saturated carbocycles. The molecule has 0 radical (unpaired) electrons. The minimum absolute atomic E-state index is 0.0834. The van der Waals surface area contributed by atoms with Crippen LogP contribution >= 0.6 is 0 Å². The van der Waals surface area contributed by atoms with E-state index in [1.54, 1.807) is 6.20 Å². The van der Waals surface area contributed by atoms with E-state index in [-0.39, 0.29) is 18.2 Å². The molecule has 5 rings (SSSR count). The second kappa shape index (κ2) is 12.6. The fourth-order valence-electron chi connectivity index (χ4n) is 5.95. The van der Waals surface area contributed by atoms with Crippen LogP contribution in [0.15, 0.2) is 102 Å². The van der Waals surface area contributed by atoms with Gasteiger partial charge in [0.2, 0.25) is 0 Å². The maximum atomic E-state index is 14.3. The van der Waals surface area contributed by atoms with Gasteiger partial charge in [0.1, 0.15) is 5.71 Å². The first-order valence-electron chi connectivity index (χ1n) is 14.0. The molecule has 2 aliphatic heterocycles. The van der Waals surface area contributed by atoms with Crippen LogP contribution in [0.1, 0.15) is 35.2 Å². The normalized spacial score (nSPS) is 23.3. The van der Waals surface area contributed by atoms with Crippen molar-refractivity contribution in [3.63, 3.8) is 0 Å². The van der Waals surface area contributed by atoms with Crippen molar-refractivity contribution < 1.29 is 14.3 Å². The number of ketones is 1. The lowest BCUT2D eigenvalue weighted by atomic mass is 9.69. The summed E-state index contributed by atoms with van der Waals surface area (Å²) in [5, 5.41) is 10.5. The van der Waals surface area contributed by atoms with Crippen LogP contribution in [0, 0.1) is 0 Å². The Morgan fingerprint density at radius 2 is 1.63 bits per heavy atom. The number of methoxy groups -OCH3 is 1. The van der Waals surface area contributed by atoms with Gasteiger partial charge in [0.25, 0.3) is 0 Å². The molecular formula is C33H37N5O3. The van der Waals surface area contributed by atoms with E-state index in [1.165, 1.54) is 7.11 Å². The van der Waals surface area contributed by atoms with Crippen LogP contribution in [-0.4, -0.2) is 78.2 Å². The van der Waals surface area contributed by atoms with Crippen LogP contribution in [0.5, 0.6) is 0 Å². The van der Waals surface area contributed by atoms with Gasteiger partial charge in [-0.25, -0.2) is 4.79 Å². The topological polar surface area (TPSA) is 87.1 Å². The predicted molar refractivity (Wildman–Crippen MR) is 159 cm³/mol. The number of rotatable bonds is 11. The van der Waals surface area contributed by atoms with Crippen molar-refractivity contribution in [1.29, 1.82) is 0 Å². The highest BCUT2D eigenvalue weighted by molar-refractivity contribution is 6.43. The number of pyridine rings is 1. The molecule has 1 aromatic heterocycles. The second-order valence-corrected chi connectivity index (χ2v) is 10.7. The summed E-state index contributed by atoms with van der Waals surface area (Å²) in [5.41, 5.74) is 1.55. The molecule has 0 aliphatic carbocycles. The molecule has 2 aliphatic rings. The molecule has 3 aromatic rings. The van der Waals surface area contributed by atoms with Crippen LogP contribution in [0.3, 0.4) is 0 Å². The lowest BCUT2D eigenvalue weighted by molar-refractivity contribution is -0.158. The van der Waals surface area contributed by atoms with Gasteiger partial charge in [-0.05, 0) is 56.9 Å². The third-order valence-corrected chi connectivity index (χ3v) is 7.83. The number of hydrogen-bond donors (Lipinski definition) is 1. The Labute approximate surface area is 241 Å². The van der Waals surface area contributed by atoms with Gasteiger partial charge in [-0.15, -0.1) is 0 Å². The Morgan fingerprint density at radius 1 is 0.951 bits per heavy atom. The number of esters is 1. The Morgan fingerprint density at radius 3 is 2.27 bits per heavy atom. The fraction of sp³-hybridized carbons (Fsp3) is 0.333. The van der Waals surface area contributed by atoms with E-state index in [1.807, 2.05) is 98.0 Å². The number of nitrogens with zero attached hydrogens (tertiary/aromatic N) is 4. The molecule has 0 fully saturated rings. The SMILES string of the molecule is COC(=O)C12C(NCCCN(C)C)C(C(=O)Cc3ccccn3)=NN1C(c1ccccc1)C=CC2c1ccccc1. The van der Waals surface area contributed by atoms with Gasteiger partial charge in [0.05, 0.1) is 25.6 Å². The Hall–Kier alpha value is -4.14. The zero-order valence-electron chi connectivity index (χ0n) is 23.8. The molecule has 3 heterocycles.